The van der Waals surface area contributed by atoms with Gasteiger partial charge in [0, 0.05) is 5.69 Å². The summed E-state index contributed by atoms with van der Waals surface area (Å²) in [6, 6.07) is 5.87. The molecule has 0 saturated carbocycles. The number of anilines is 1. The number of amides is 1. The maximum Gasteiger partial charge on any atom is 0.238 e. The van der Waals surface area contributed by atoms with Crippen molar-refractivity contribution in [1.29, 1.82) is 0 Å². The number of carbonyl (C=O) groups is 1. The van der Waals surface area contributed by atoms with Crippen molar-refractivity contribution >= 4 is 11.6 Å². The highest BCUT2D eigenvalue weighted by atomic mass is 19.1. The number of halogens is 1. The lowest BCUT2D eigenvalue weighted by molar-refractivity contribution is -0.117. The van der Waals surface area contributed by atoms with E-state index in [2.05, 4.69) is 10.2 Å². The number of benzene rings is 1. The largest absolute Gasteiger partial charge is 0.325 e. The van der Waals surface area contributed by atoms with Gasteiger partial charge in [0.2, 0.25) is 5.91 Å². The molecule has 2 rings (SSSR count). The standard InChI is InChI=1S/C15H21FN2O/c16-13-6-8-14(9-7-13)17-15(19)12-18-10-4-2-1-3-5-11-18/h6-9H,1-5,10-12H2,(H,17,19). The van der Waals surface area contributed by atoms with Crippen molar-refractivity contribution in [3.63, 3.8) is 0 Å². The Bertz CT molecular complexity index is 397. The van der Waals surface area contributed by atoms with E-state index in [9.17, 15) is 9.18 Å². The van der Waals surface area contributed by atoms with E-state index in [-0.39, 0.29) is 11.7 Å². The summed E-state index contributed by atoms with van der Waals surface area (Å²) in [6.07, 6.45) is 6.18. The fourth-order valence-corrected chi connectivity index (χ4v) is 2.41. The van der Waals surface area contributed by atoms with Crippen molar-refractivity contribution in [3.8, 4) is 0 Å². The number of carbonyl (C=O) groups excluding carboxylic acids is 1. The average Bonchev–Trinajstić information content (AvgIpc) is 2.35. The Balaban J connectivity index is 1.80. The second-order valence-corrected chi connectivity index (χ2v) is 5.10. The minimum Gasteiger partial charge on any atom is -0.325 e. The molecule has 1 aromatic carbocycles. The monoisotopic (exact) mass is 264 g/mol. The number of likely N-dealkylation sites (tertiary alicyclic amines) is 1. The van der Waals surface area contributed by atoms with Crippen molar-refractivity contribution in [1.82, 2.24) is 4.90 Å². The maximum absolute atomic E-state index is 12.8. The van der Waals surface area contributed by atoms with E-state index in [1.165, 1.54) is 44.2 Å². The number of rotatable bonds is 3. The summed E-state index contributed by atoms with van der Waals surface area (Å²) in [5, 5.41) is 2.81. The van der Waals surface area contributed by atoms with Crippen LogP contribution in [-0.4, -0.2) is 30.4 Å². The molecule has 0 aromatic heterocycles. The van der Waals surface area contributed by atoms with Crippen molar-refractivity contribution in [3.05, 3.63) is 30.1 Å². The molecular weight excluding hydrogens is 243 g/mol. The zero-order valence-electron chi connectivity index (χ0n) is 11.2. The topological polar surface area (TPSA) is 32.3 Å². The van der Waals surface area contributed by atoms with Gasteiger partial charge in [-0.3, -0.25) is 9.69 Å². The normalized spacial score (nSPS) is 17.5. The van der Waals surface area contributed by atoms with Crippen LogP contribution in [0.3, 0.4) is 0 Å². The molecule has 1 aliphatic heterocycles. The van der Waals surface area contributed by atoms with E-state index >= 15 is 0 Å². The zero-order valence-corrected chi connectivity index (χ0v) is 11.2. The van der Waals surface area contributed by atoms with Crippen LogP contribution >= 0.6 is 0 Å². The summed E-state index contributed by atoms with van der Waals surface area (Å²) in [7, 11) is 0. The van der Waals surface area contributed by atoms with Crippen LogP contribution in [0.25, 0.3) is 0 Å². The van der Waals surface area contributed by atoms with Crippen LogP contribution in [0, 0.1) is 5.82 Å². The smallest absolute Gasteiger partial charge is 0.238 e. The highest BCUT2D eigenvalue weighted by Crippen LogP contribution is 2.11. The molecule has 1 aromatic rings. The van der Waals surface area contributed by atoms with E-state index in [4.69, 9.17) is 0 Å². The van der Waals surface area contributed by atoms with Crippen LogP contribution in [0.4, 0.5) is 10.1 Å². The van der Waals surface area contributed by atoms with Crippen LogP contribution in [-0.2, 0) is 4.79 Å². The Labute approximate surface area is 113 Å². The third-order valence-corrected chi connectivity index (χ3v) is 3.44. The molecule has 4 heteroatoms. The van der Waals surface area contributed by atoms with Gasteiger partial charge in [0.1, 0.15) is 5.82 Å². The summed E-state index contributed by atoms with van der Waals surface area (Å²) in [4.78, 5) is 14.1. The van der Waals surface area contributed by atoms with E-state index in [0.29, 0.717) is 12.2 Å². The van der Waals surface area contributed by atoms with Gasteiger partial charge in [-0.15, -0.1) is 0 Å². The molecule has 1 aliphatic rings. The molecule has 1 fully saturated rings. The number of hydrogen-bond acceptors (Lipinski definition) is 2. The van der Waals surface area contributed by atoms with Gasteiger partial charge in [-0.1, -0.05) is 19.3 Å². The highest BCUT2D eigenvalue weighted by molar-refractivity contribution is 5.92. The first-order valence-electron chi connectivity index (χ1n) is 7.02. The van der Waals surface area contributed by atoms with E-state index in [1.54, 1.807) is 12.1 Å². The van der Waals surface area contributed by atoms with Gasteiger partial charge in [-0.25, -0.2) is 4.39 Å². The molecular formula is C15H21FN2O. The Kier molecular flexibility index (Phi) is 5.33. The van der Waals surface area contributed by atoms with Crippen molar-refractivity contribution in [2.45, 2.75) is 32.1 Å². The van der Waals surface area contributed by atoms with Crippen LogP contribution in [0.15, 0.2) is 24.3 Å². The highest BCUT2D eigenvalue weighted by Gasteiger charge is 2.12. The molecule has 1 amide bonds. The predicted molar refractivity (Wildman–Crippen MR) is 74.6 cm³/mol. The van der Waals surface area contributed by atoms with Crippen molar-refractivity contribution < 1.29 is 9.18 Å². The Morgan fingerprint density at radius 3 is 2.26 bits per heavy atom. The number of nitrogens with zero attached hydrogens (tertiary/aromatic N) is 1. The van der Waals surface area contributed by atoms with Gasteiger partial charge in [0.25, 0.3) is 0 Å². The third kappa shape index (κ3) is 4.99. The molecule has 1 saturated heterocycles. The SMILES string of the molecule is O=C(CN1CCCCCCC1)Nc1ccc(F)cc1. The van der Waals surface area contributed by atoms with Gasteiger partial charge >= 0.3 is 0 Å². The summed E-state index contributed by atoms with van der Waals surface area (Å²) < 4.78 is 12.8. The second kappa shape index (κ2) is 7.24. The molecule has 0 atom stereocenters. The molecule has 19 heavy (non-hydrogen) atoms. The lowest BCUT2D eigenvalue weighted by atomic mass is 10.1. The predicted octanol–water partition coefficient (Wildman–Crippen LogP) is 3.03. The Morgan fingerprint density at radius 2 is 1.63 bits per heavy atom. The van der Waals surface area contributed by atoms with Gasteiger partial charge in [-0.05, 0) is 50.2 Å². The van der Waals surface area contributed by atoms with Crippen LogP contribution in [0.2, 0.25) is 0 Å². The molecule has 0 aliphatic carbocycles. The van der Waals surface area contributed by atoms with Crippen LogP contribution in [0.5, 0.6) is 0 Å². The number of hydrogen-bond donors (Lipinski definition) is 1. The molecule has 0 radical (unpaired) electrons. The van der Waals surface area contributed by atoms with Gasteiger partial charge < -0.3 is 5.32 Å². The lowest BCUT2D eigenvalue weighted by Crippen LogP contribution is -2.35. The van der Waals surface area contributed by atoms with E-state index < -0.39 is 0 Å². The van der Waals surface area contributed by atoms with E-state index in [0.717, 1.165) is 13.1 Å². The first-order chi connectivity index (χ1) is 9.24. The first kappa shape index (κ1) is 14.0. The second-order valence-electron chi connectivity index (χ2n) is 5.10. The van der Waals surface area contributed by atoms with E-state index in [1.807, 2.05) is 0 Å². The zero-order chi connectivity index (χ0) is 13.5. The van der Waals surface area contributed by atoms with Gasteiger partial charge in [0.15, 0.2) is 0 Å². The molecule has 3 nitrogen and oxygen atoms in total. The summed E-state index contributed by atoms with van der Waals surface area (Å²) in [5.74, 6) is -0.311. The molecule has 0 bridgehead atoms. The average molecular weight is 264 g/mol. The first-order valence-corrected chi connectivity index (χ1v) is 7.02. The number of nitrogens with one attached hydrogen (secondary N) is 1. The molecule has 1 N–H and O–H groups in total. The van der Waals surface area contributed by atoms with Crippen molar-refractivity contribution in [2.24, 2.45) is 0 Å². The van der Waals surface area contributed by atoms with Crippen LogP contribution in [0.1, 0.15) is 32.1 Å². The maximum atomic E-state index is 12.8. The third-order valence-electron chi connectivity index (χ3n) is 3.44. The summed E-state index contributed by atoms with van der Waals surface area (Å²) in [6.45, 7) is 2.42. The van der Waals surface area contributed by atoms with Crippen molar-refractivity contribution in [2.75, 3.05) is 25.0 Å². The molecule has 0 unspecified atom stereocenters. The Hall–Kier alpha value is -1.42. The minimum absolute atomic E-state index is 0.0211. The van der Waals surface area contributed by atoms with Gasteiger partial charge in [-0.2, -0.15) is 0 Å². The molecule has 0 spiro atoms. The van der Waals surface area contributed by atoms with Gasteiger partial charge in [0.05, 0.1) is 6.54 Å². The minimum atomic E-state index is -0.290. The molecule has 1 heterocycles. The van der Waals surface area contributed by atoms with Crippen LogP contribution < -0.4 is 5.32 Å². The fourth-order valence-electron chi connectivity index (χ4n) is 2.41. The Morgan fingerprint density at radius 1 is 1.05 bits per heavy atom. The summed E-state index contributed by atoms with van der Waals surface area (Å²) in [5.41, 5.74) is 0.651. The summed E-state index contributed by atoms with van der Waals surface area (Å²) >= 11 is 0. The molecule has 104 valence electrons. The fraction of sp³-hybridized carbons (Fsp3) is 0.533. The quantitative estimate of drug-likeness (QED) is 0.910. The lowest BCUT2D eigenvalue weighted by Gasteiger charge is -2.23.